The average molecular weight is 425 g/mol. The second-order valence-corrected chi connectivity index (χ2v) is 7.45. The van der Waals surface area contributed by atoms with Crippen molar-refractivity contribution in [3.63, 3.8) is 0 Å². The summed E-state index contributed by atoms with van der Waals surface area (Å²) in [7, 11) is 0. The van der Waals surface area contributed by atoms with E-state index in [2.05, 4.69) is 19.2 Å². The van der Waals surface area contributed by atoms with Crippen molar-refractivity contribution in [2.24, 2.45) is 11.7 Å². The number of hydrogen-bond acceptors (Lipinski definition) is 8. The van der Waals surface area contributed by atoms with E-state index in [1.54, 1.807) is 0 Å². The van der Waals surface area contributed by atoms with Crippen molar-refractivity contribution in [3.05, 3.63) is 0 Å². The van der Waals surface area contributed by atoms with Crippen LogP contribution < -0.4 is 11.1 Å². The molecule has 0 bridgehead atoms. The molecule has 9 nitrogen and oxygen atoms in total. The summed E-state index contributed by atoms with van der Waals surface area (Å²) in [5.41, 5.74) is 5.29. The first-order valence-corrected chi connectivity index (χ1v) is 10.7. The fourth-order valence-electron chi connectivity index (χ4n) is 1.87. The number of aliphatic carboxylic acids is 1. The van der Waals surface area contributed by atoms with Crippen LogP contribution in [0.3, 0.4) is 0 Å². The van der Waals surface area contributed by atoms with Crippen LogP contribution in [0.4, 0.5) is 0 Å². The number of ether oxygens (including phenoxy) is 4. The van der Waals surface area contributed by atoms with Gasteiger partial charge in [-0.3, -0.25) is 4.79 Å². The highest BCUT2D eigenvalue weighted by Crippen LogP contribution is 2.09. The lowest BCUT2D eigenvalue weighted by Gasteiger charge is -2.15. The fraction of sp³-hybridized carbons (Fsp3) is 0.889. The third kappa shape index (κ3) is 18.5. The number of carbonyl (C=O) groups excluding carboxylic acids is 1. The van der Waals surface area contributed by atoms with E-state index in [9.17, 15) is 14.7 Å². The van der Waals surface area contributed by atoms with Crippen LogP contribution in [0.15, 0.2) is 0 Å². The van der Waals surface area contributed by atoms with Gasteiger partial charge in [0.25, 0.3) is 0 Å². The topological polar surface area (TPSA) is 129 Å². The minimum atomic E-state index is -1.02. The lowest BCUT2D eigenvalue weighted by molar-refractivity contribution is -0.141. The number of hydrogen-bond donors (Lipinski definition) is 3. The molecule has 28 heavy (non-hydrogen) atoms. The van der Waals surface area contributed by atoms with Gasteiger partial charge in [0, 0.05) is 18.7 Å². The van der Waals surface area contributed by atoms with Gasteiger partial charge in [0.15, 0.2) is 0 Å². The van der Waals surface area contributed by atoms with Crippen molar-refractivity contribution < 1.29 is 33.6 Å². The minimum absolute atomic E-state index is 0.116. The molecule has 0 fully saturated rings. The van der Waals surface area contributed by atoms with Crippen LogP contribution in [-0.4, -0.2) is 93.9 Å². The molecular formula is C18H36N2O7S. The SMILES string of the molecule is CC(C)CSCC(NC(=O)CCOCCOCCOCCOCCN)C(=O)O. The summed E-state index contributed by atoms with van der Waals surface area (Å²) < 4.78 is 21.1. The summed E-state index contributed by atoms with van der Waals surface area (Å²) in [6, 6.07) is -0.875. The number of carboxylic acids is 1. The van der Waals surface area contributed by atoms with E-state index in [1.165, 1.54) is 11.8 Å². The van der Waals surface area contributed by atoms with Gasteiger partial charge in [-0.05, 0) is 11.7 Å². The summed E-state index contributed by atoms with van der Waals surface area (Å²) >= 11 is 1.52. The van der Waals surface area contributed by atoms with Crippen molar-refractivity contribution in [1.29, 1.82) is 0 Å². The van der Waals surface area contributed by atoms with Crippen molar-refractivity contribution >= 4 is 23.6 Å². The van der Waals surface area contributed by atoms with Gasteiger partial charge in [0.2, 0.25) is 5.91 Å². The van der Waals surface area contributed by atoms with Gasteiger partial charge in [-0.1, -0.05) is 13.8 Å². The van der Waals surface area contributed by atoms with Crippen LogP contribution in [0.5, 0.6) is 0 Å². The van der Waals surface area contributed by atoms with Crippen LogP contribution in [-0.2, 0) is 28.5 Å². The number of amides is 1. The van der Waals surface area contributed by atoms with Crippen molar-refractivity contribution in [3.8, 4) is 0 Å². The standard InChI is InChI=1S/C18H36N2O7S/c1-15(2)13-28-14-16(18(22)23)20-17(21)3-5-24-7-9-26-11-12-27-10-8-25-6-4-19/h15-16H,3-14,19H2,1-2H3,(H,20,21)(H,22,23). The highest BCUT2D eigenvalue weighted by Gasteiger charge is 2.19. The van der Waals surface area contributed by atoms with E-state index in [1.807, 2.05) is 0 Å². The number of nitrogens with two attached hydrogens (primary N) is 1. The zero-order valence-corrected chi connectivity index (χ0v) is 17.8. The summed E-state index contributed by atoms with van der Waals surface area (Å²) in [6.45, 7) is 8.09. The average Bonchev–Trinajstić information content (AvgIpc) is 2.64. The third-order valence-corrected chi connectivity index (χ3v) is 4.69. The first-order chi connectivity index (χ1) is 13.5. The normalized spacial score (nSPS) is 12.3. The van der Waals surface area contributed by atoms with Gasteiger partial charge >= 0.3 is 5.97 Å². The molecule has 0 saturated heterocycles. The molecule has 0 radical (unpaired) electrons. The fourth-order valence-corrected chi connectivity index (χ4v) is 2.94. The Bertz CT molecular complexity index is 400. The summed E-state index contributed by atoms with van der Waals surface area (Å²) in [6.07, 6.45) is 0.116. The maximum absolute atomic E-state index is 11.8. The number of thioether (sulfide) groups is 1. The molecule has 0 aromatic carbocycles. The first kappa shape index (κ1) is 27.1. The monoisotopic (exact) mass is 424 g/mol. The zero-order chi connectivity index (χ0) is 21.0. The van der Waals surface area contributed by atoms with E-state index >= 15 is 0 Å². The Morgan fingerprint density at radius 2 is 1.39 bits per heavy atom. The van der Waals surface area contributed by atoms with E-state index < -0.39 is 12.0 Å². The van der Waals surface area contributed by atoms with E-state index in [0.29, 0.717) is 64.5 Å². The molecule has 0 saturated carbocycles. The Morgan fingerprint density at radius 1 is 0.893 bits per heavy atom. The van der Waals surface area contributed by atoms with Crippen LogP contribution in [0.1, 0.15) is 20.3 Å². The van der Waals surface area contributed by atoms with Crippen molar-refractivity contribution in [2.45, 2.75) is 26.3 Å². The highest BCUT2D eigenvalue weighted by atomic mass is 32.2. The lowest BCUT2D eigenvalue weighted by atomic mass is 10.3. The van der Waals surface area contributed by atoms with E-state index in [-0.39, 0.29) is 18.9 Å². The molecule has 10 heteroatoms. The van der Waals surface area contributed by atoms with Crippen LogP contribution in [0, 0.1) is 5.92 Å². The van der Waals surface area contributed by atoms with Gasteiger partial charge < -0.3 is 35.1 Å². The highest BCUT2D eigenvalue weighted by molar-refractivity contribution is 7.99. The Balaban J connectivity index is 3.53. The Hall–Kier alpha value is -0.910. The van der Waals surface area contributed by atoms with Gasteiger partial charge in [-0.25, -0.2) is 4.79 Å². The number of carboxylic acid groups (broad SMARTS) is 1. The first-order valence-electron chi connectivity index (χ1n) is 9.58. The van der Waals surface area contributed by atoms with Crippen molar-refractivity contribution in [1.82, 2.24) is 5.32 Å². The Morgan fingerprint density at radius 3 is 1.86 bits per heavy atom. The molecular weight excluding hydrogens is 388 g/mol. The quantitative estimate of drug-likeness (QED) is 0.237. The van der Waals surface area contributed by atoms with Crippen LogP contribution in [0.2, 0.25) is 0 Å². The zero-order valence-electron chi connectivity index (χ0n) is 17.0. The second-order valence-electron chi connectivity index (χ2n) is 6.38. The Labute approximate surface area is 172 Å². The van der Waals surface area contributed by atoms with Gasteiger partial charge in [-0.15, -0.1) is 0 Å². The molecule has 0 aliphatic heterocycles. The molecule has 0 spiro atoms. The molecule has 4 N–H and O–H groups in total. The van der Waals surface area contributed by atoms with Gasteiger partial charge in [0.05, 0.1) is 52.9 Å². The van der Waals surface area contributed by atoms with Crippen LogP contribution in [0.25, 0.3) is 0 Å². The lowest BCUT2D eigenvalue weighted by Crippen LogP contribution is -2.43. The molecule has 0 aromatic rings. The maximum Gasteiger partial charge on any atom is 0.327 e. The molecule has 166 valence electrons. The molecule has 0 aliphatic carbocycles. The summed E-state index contributed by atoms with van der Waals surface area (Å²) in [5, 5.41) is 11.7. The van der Waals surface area contributed by atoms with Crippen LogP contribution >= 0.6 is 11.8 Å². The molecule has 1 atom stereocenters. The number of rotatable bonds is 20. The summed E-state index contributed by atoms with van der Waals surface area (Å²) in [4.78, 5) is 23.0. The summed E-state index contributed by atoms with van der Waals surface area (Å²) in [5.74, 6) is 0.342. The van der Waals surface area contributed by atoms with Gasteiger partial charge in [-0.2, -0.15) is 11.8 Å². The predicted octanol–water partition coefficient (Wildman–Crippen LogP) is 0.360. The third-order valence-electron chi connectivity index (χ3n) is 3.22. The molecule has 0 rings (SSSR count). The molecule has 1 amide bonds. The van der Waals surface area contributed by atoms with E-state index in [4.69, 9.17) is 24.7 Å². The molecule has 0 aliphatic rings. The maximum atomic E-state index is 11.8. The predicted molar refractivity (Wildman–Crippen MR) is 109 cm³/mol. The Kier molecular flexibility index (Phi) is 18.8. The number of nitrogens with one attached hydrogen (secondary N) is 1. The molecule has 1 unspecified atom stereocenters. The smallest absolute Gasteiger partial charge is 0.327 e. The number of carbonyl (C=O) groups is 2. The minimum Gasteiger partial charge on any atom is -0.480 e. The van der Waals surface area contributed by atoms with Gasteiger partial charge in [0.1, 0.15) is 6.04 Å². The molecule has 0 aromatic heterocycles. The second kappa shape index (κ2) is 19.4. The van der Waals surface area contributed by atoms with Crippen molar-refractivity contribution in [2.75, 3.05) is 70.9 Å². The molecule has 0 heterocycles. The largest absolute Gasteiger partial charge is 0.480 e. The van der Waals surface area contributed by atoms with E-state index in [0.717, 1.165) is 5.75 Å².